The Hall–Kier alpha value is -2.21. The third kappa shape index (κ3) is 3.46. The third-order valence-electron chi connectivity index (χ3n) is 2.84. The Labute approximate surface area is 126 Å². The molecule has 2 aromatic rings. The van der Waals surface area contributed by atoms with E-state index in [1.54, 1.807) is 26.4 Å². The van der Waals surface area contributed by atoms with E-state index < -0.39 is 5.97 Å². The van der Waals surface area contributed by atoms with Gasteiger partial charge in [-0.2, -0.15) is 0 Å². The number of carboxylic acid groups (broad SMARTS) is 1. The molecule has 0 aliphatic rings. The van der Waals surface area contributed by atoms with Gasteiger partial charge in [-0.1, -0.05) is 0 Å². The molecule has 1 N–H and O–H groups in total. The normalized spacial score (nSPS) is 10.2. The molecular weight excluding hydrogens is 292 g/mol. The van der Waals surface area contributed by atoms with Gasteiger partial charge in [0.1, 0.15) is 11.5 Å². The van der Waals surface area contributed by atoms with Crippen LogP contribution in [0.4, 0.5) is 0 Å². The van der Waals surface area contributed by atoms with Gasteiger partial charge in [-0.05, 0) is 36.8 Å². The molecule has 0 aliphatic carbocycles. The Bertz CT molecular complexity index is 622. The van der Waals surface area contributed by atoms with Crippen LogP contribution in [0.2, 0.25) is 0 Å². The summed E-state index contributed by atoms with van der Waals surface area (Å²) in [5, 5.41) is 8.91. The van der Waals surface area contributed by atoms with Gasteiger partial charge in [-0.25, -0.2) is 4.79 Å². The lowest BCUT2D eigenvalue weighted by molar-refractivity contribution is 0.0702. The maximum Gasteiger partial charge on any atom is 0.345 e. The van der Waals surface area contributed by atoms with Crippen LogP contribution in [-0.2, 0) is 6.61 Å². The van der Waals surface area contributed by atoms with Crippen molar-refractivity contribution in [1.82, 2.24) is 0 Å². The first-order chi connectivity index (χ1) is 10.0. The number of aromatic carboxylic acids is 1. The molecule has 112 valence electrons. The van der Waals surface area contributed by atoms with E-state index in [9.17, 15) is 4.79 Å². The summed E-state index contributed by atoms with van der Waals surface area (Å²) < 4.78 is 16.4. The van der Waals surface area contributed by atoms with E-state index in [-0.39, 0.29) is 11.5 Å². The van der Waals surface area contributed by atoms with Gasteiger partial charge >= 0.3 is 5.97 Å². The van der Waals surface area contributed by atoms with E-state index in [0.717, 1.165) is 10.4 Å². The molecule has 0 saturated carbocycles. The first-order valence-corrected chi connectivity index (χ1v) is 7.04. The smallest absolute Gasteiger partial charge is 0.345 e. The summed E-state index contributed by atoms with van der Waals surface area (Å²) in [4.78, 5) is 12.0. The molecular formula is C15H16O5S. The number of aryl methyl sites for hydroxylation is 1. The fourth-order valence-corrected chi connectivity index (χ4v) is 2.63. The van der Waals surface area contributed by atoms with Crippen molar-refractivity contribution in [2.75, 3.05) is 14.2 Å². The summed E-state index contributed by atoms with van der Waals surface area (Å²) in [7, 11) is 3.13. The Kier molecular flexibility index (Phi) is 4.70. The van der Waals surface area contributed by atoms with E-state index in [1.165, 1.54) is 11.3 Å². The maximum atomic E-state index is 10.9. The summed E-state index contributed by atoms with van der Waals surface area (Å²) in [5.74, 6) is 0.747. The number of thiophene rings is 1. The van der Waals surface area contributed by atoms with E-state index >= 15 is 0 Å². The van der Waals surface area contributed by atoms with Crippen LogP contribution in [0, 0.1) is 6.92 Å². The fraction of sp³-hybridized carbons (Fsp3) is 0.267. The van der Waals surface area contributed by atoms with Crippen molar-refractivity contribution in [2.45, 2.75) is 13.5 Å². The Morgan fingerprint density at radius 2 is 1.81 bits per heavy atom. The predicted octanol–water partition coefficient (Wildman–Crippen LogP) is 3.35. The number of hydrogen-bond donors (Lipinski definition) is 1. The molecule has 0 radical (unpaired) electrons. The largest absolute Gasteiger partial charge is 0.493 e. The van der Waals surface area contributed by atoms with Crippen LogP contribution < -0.4 is 14.2 Å². The highest BCUT2D eigenvalue weighted by Crippen LogP contribution is 2.39. The maximum absolute atomic E-state index is 10.9. The molecule has 5 nitrogen and oxygen atoms in total. The van der Waals surface area contributed by atoms with Crippen LogP contribution >= 0.6 is 11.3 Å². The lowest BCUT2D eigenvalue weighted by atomic mass is 10.2. The molecule has 2 rings (SSSR count). The van der Waals surface area contributed by atoms with E-state index in [4.69, 9.17) is 19.3 Å². The number of carbonyl (C=O) groups is 1. The zero-order chi connectivity index (χ0) is 15.4. The lowest BCUT2D eigenvalue weighted by Crippen LogP contribution is -1.99. The van der Waals surface area contributed by atoms with Crippen molar-refractivity contribution < 1.29 is 24.1 Å². The minimum atomic E-state index is -0.934. The van der Waals surface area contributed by atoms with Crippen LogP contribution in [0.15, 0.2) is 24.3 Å². The van der Waals surface area contributed by atoms with Gasteiger partial charge in [-0.3, -0.25) is 0 Å². The molecule has 1 aromatic carbocycles. The minimum absolute atomic E-state index is 0.258. The van der Waals surface area contributed by atoms with Crippen LogP contribution in [0.5, 0.6) is 17.2 Å². The Balaban J connectivity index is 2.20. The Morgan fingerprint density at radius 1 is 1.19 bits per heavy atom. The molecule has 0 spiro atoms. The van der Waals surface area contributed by atoms with E-state index in [1.807, 2.05) is 19.1 Å². The highest BCUT2D eigenvalue weighted by Gasteiger charge is 2.14. The summed E-state index contributed by atoms with van der Waals surface area (Å²) in [6, 6.07) is 7.01. The summed E-state index contributed by atoms with van der Waals surface area (Å²) in [6.45, 7) is 2.20. The summed E-state index contributed by atoms with van der Waals surface area (Å²) in [6.07, 6.45) is 0. The molecule has 0 saturated heterocycles. The predicted molar refractivity (Wildman–Crippen MR) is 79.9 cm³/mol. The number of ether oxygens (including phenoxy) is 3. The first-order valence-electron chi connectivity index (χ1n) is 6.22. The molecule has 21 heavy (non-hydrogen) atoms. The number of hydrogen-bond acceptors (Lipinski definition) is 5. The monoisotopic (exact) mass is 308 g/mol. The summed E-state index contributed by atoms with van der Waals surface area (Å²) >= 11 is 1.18. The number of benzene rings is 1. The second kappa shape index (κ2) is 6.49. The van der Waals surface area contributed by atoms with Crippen molar-refractivity contribution >= 4 is 17.3 Å². The summed E-state index contributed by atoms with van der Waals surface area (Å²) in [5.41, 5.74) is 1.00. The molecule has 0 fully saturated rings. The molecule has 6 heteroatoms. The molecule has 0 atom stereocenters. The topological polar surface area (TPSA) is 65.0 Å². The number of rotatable bonds is 6. The van der Waals surface area contributed by atoms with Gasteiger partial charge in [0.25, 0.3) is 0 Å². The van der Waals surface area contributed by atoms with Crippen LogP contribution in [0.3, 0.4) is 0 Å². The SMILES string of the molecule is COc1cc(C)cc(OC)c1OCc1ccc(C(=O)O)s1. The van der Waals surface area contributed by atoms with Crippen molar-refractivity contribution in [3.8, 4) is 17.2 Å². The quantitative estimate of drug-likeness (QED) is 0.886. The highest BCUT2D eigenvalue weighted by atomic mass is 32.1. The Morgan fingerprint density at radius 3 is 2.29 bits per heavy atom. The van der Waals surface area contributed by atoms with Crippen molar-refractivity contribution in [2.24, 2.45) is 0 Å². The van der Waals surface area contributed by atoms with Crippen molar-refractivity contribution in [3.63, 3.8) is 0 Å². The minimum Gasteiger partial charge on any atom is -0.493 e. The zero-order valence-corrected chi connectivity index (χ0v) is 12.8. The van der Waals surface area contributed by atoms with Gasteiger partial charge in [-0.15, -0.1) is 11.3 Å². The van der Waals surface area contributed by atoms with E-state index in [0.29, 0.717) is 17.2 Å². The number of carboxylic acids is 1. The molecule has 1 aromatic heterocycles. The van der Waals surface area contributed by atoms with Crippen LogP contribution in [-0.4, -0.2) is 25.3 Å². The van der Waals surface area contributed by atoms with Gasteiger partial charge in [0.05, 0.1) is 14.2 Å². The van der Waals surface area contributed by atoms with Crippen LogP contribution in [0.25, 0.3) is 0 Å². The van der Waals surface area contributed by atoms with Gasteiger partial charge in [0.15, 0.2) is 11.5 Å². The van der Waals surface area contributed by atoms with Gasteiger partial charge in [0, 0.05) is 4.88 Å². The zero-order valence-electron chi connectivity index (χ0n) is 12.0. The van der Waals surface area contributed by atoms with Crippen molar-refractivity contribution in [1.29, 1.82) is 0 Å². The first kappa shape index (κ1) is 15.2. The molecule has 0 amide bonds. The molecule has 0 unspecified atom stereocenters. The molecule has 0 aliphatic heterocycles. The van der Waals surface area contributed by atoms with Crippen molar-refractivity contribution in [3.05, 3.63) is 39.6 Å². The van der Waals surface area contributed by atoms with Crippen LogP contribution in [0.1, 0.15) is 20.1 Å². The number of methoxy groups -OCH3 is 2. The van der Waals surface area contributed by atoms with E-state index in [2.05, 4.69) is 0 Å². The van der Waals surface area contributed by atoms with Gasteiger partial charge in [0.2, 0.25) is 5.75 Å². The average Bonchev–Trinajstić information content (AvgIpc) is 2.94. The van der Waals surface area contributed by atoms with Gasteiger partial charge < -0.3 is 19.3 Å². The molecule has 0 bridgehead atoms. The molecule has 1 heterocycles. The standard InChI is InChI=1S/C15H16O5S/c1-9-6-11(18-2)14(12(7-9)19-3)20-8-10-4-5-13(21-10)15(16)17/h4-7H,8H2,1-3H3,(H,16,17). The second-order valence-corrected chi connectivity index (χ2v) is 5.53. The second-order valence-electron chi connectivity index (χ2n) is 4.36. The third-order valence-corrected chi connectivity index (χ3v) is 3.88. The lowest BCUT2D eigenvalue weighted by Gasteiger charge is -2.14. The average molecular weight is 308 g/mol. The fourth-order valence-electron chi connectivity index (χ4n) is 1.87. The highest BCUT2D eigenvalue weighted by molar-refractivity contribution is 7.13.